The lowest BCUT2D eigenvalue weighted by Gasteiger charge is -2.19. The maximum atomic E-state index is 14.1. The summed E-state index contributed by atoms with van der Waals surface area (Å²) >= 11 is 0. The van der Waals surface area contributed by atoms with E-state index in [1.807, 2.05) is 48.5 Å². The Bertz CT molecular complexity index is 2570. The summed E-state index contributed by atoms with van der Waals surface area (Å²) in [4.78, 5) is 11.5. The van der Waals surface area contributed by atoms with Crippen LogP contribution in [0.5, 0.6) is 11.5 Å². The Kier molecular flexibility index (Phi) is 7.85. The van der Waals surface area contributed by atoms with Gasteiger partial charge in [0.15, 0.2) is 0 Å². The number of fused-ring (bicyclic) bond motifs is 7. The first-order valence-electron chi connectivity index (χ1n) is 17.8. The molecule has 1 aliphatic rings. The standard InChI is InChI=1S/C48H37O4P/c1-29-21-30(2)24-39(23-29)33-13-17-35(18-14-33)43-27-37-9-5-7-11-41(37)45-46-42-12-8-6-10-38(42)28-44(48(46)52-53(49,50)51-47(43)45)36-19-15-34(16-20-36)40-25-31(3)22-32(4)26-40/h5-28H,1-4H3,(H,49,50). The molecule has 0 radical (unpaired) electrons. The van der Waals surface area contributed by atoms with Crippen LogP contribution in [0.3, 0.4) is 0 Å². The zero-order valence-electron chi connectivity index (χ0n) is 30.0. The van der Waals surface area contributed by atoms with Crippen LogP contribution >= 0.6 is 7.82 Å². The highest BCUT2D eigenvalue weighted by molar-refractivity contribution is 7.48. The van der Waals surface area contributed by atoms with Crippen LogP contribution in [-0.2, 0) is 4.57 Å². The van der Waals surface area contributed by atoms with Gasteiger partial charge in [-0.1, -0.05) is 156 Å². The fourth-order valence-electron chi connectivity index (χ4n) is 7.99. The second-order valence-corrected chi connectivity index (χ2v) is 15.6. The van der Waals surface area contributed by atoms with Gasteiger partial charge in [-0.15, -0.1) is 0 Å². The Labute approximate surface area is 309 Å². The lowest BCUT2D eigenvalue weighted by molar-refractivity contribution is 0.295. The molecule has 0 bridgehead atoms. The molecule has 4 nitrogen and oxygen atoms in total. The van der Waals surface area contributed by atoms with Crippen LogP contribution in [0.1, 0.15) is 22.3 Å². The monoisotopic (exact) mass is 708 g/mol. The van der Waals surface area contributed by atoms with Gasteiger partial charge in [-0.3, -0.25) is 4.89 Å². The first kappa shape index (κ1) is 32.9. The first-order valence-corrected chi connectivity index (χ1v) is 19.3. The zero-order valence-corrected chi connectivity index (χ0v) is 30.9. The molecule has 8 aromatic rings. The van der Waals surface area contributed by atoms with Crippen LogP contribution in [0.4, 0.5) is 0 Å². The van der Waals surface area contributed by atoms with Gasteiger partial charge in [0.05, 0.1) is 0 Å². The number of hydrogen-bond acceptors (Lipinski definition) is 3. The zero-order chi connectivity index (χ0) is 36.4. The molecule has 9 rings (SSSR count). The molecule has 258 valence electrons. The van der Waals surface area contributed by atoms with Crippen molar-refractivity contribution >= 4 is 29.4 Å². The van der Waals surface area contributed by atoms with Crippen LogP contribution in [0.2, 0.25) is 0 Å². The largest absolute Gasteiger partial charge is 0.584 e. The molecule has 0 aliphatic carbocycles. The van der Waals surface area contributed by atoms with Gasteiger partial charge in [0.1, 0.15) is 11.5 Å². The van der Waals surface area contributed by atoms with Crippen LogP contribution in [0.15, 0.2) is 146 Å². The number of phosphoric ester groups is 1. The van der Waals surface area contributed by atoms with Crippen molar-refractivity contribution in [2.75, 3.05) is 0 Å². The van der Waals surface area contributed by atoms with Gasteiger partial charge >= 0.3 is 7.82 Å². The average Bonchev–Trinajstić information content (AvgIpc) is 3.27. The van der Waals surface area contributed by atoms with E-state index in [4.69, 9.17) is 9.05 Å². The Morgan fingerprint density at radius 3 is 1.13 bits per heavy atom. The molecule has 0 saturated heterocycles. The van der Waals surface area contributed by atoms with Crippen molar-refractivity contribution in [2.45, 2.75) is 27.7 Å². The molecule has 0 aromatic heterocycles. The Morgan fingerprint density at radius 2 is 0.755 bits per heavy atom. The summed E-state index contributed by atoms with van der Waals surface area (Å²) in [5, 5.41) is 3.77. The highest BCUT2D eigenvalue weighted by Gasteiger charge is 2.37. The summed E-state index contributed by atoms with van der Waals surface area (Å²) in [6, 6.07) is 50.0. The second-order valence-electron chi connectivity index (χ2n) is 14.3. The smallest absolute Gasteiger partial charge is 0.394 e. The minimum atomic E-state index is -4.68. The van der Waals surface area contributed by atoms with Crippen molar-refractivity contribution in [3.8, 4) is 67.1 Å². The van der Waals surface area contributed by atoms with Crippen molar-refractivity contribution in [1.82, 2.24) is 0 Å². The molecule has 1 N–H and O–H groups in total. The van der Waals surface area contributed by atoms with E-state index in [1.165, 1.54) is 22.3 Å². The van der Waals surface area contributed by atoms with E-state index in [9.17, 15) is 9.46 Å². The molecule has 8 aromatic carbocycles. The van der Waals surface area contributed by atoms with Gasteiger partial charge in [0, 0.05) is 22.3 Å². The van der Waals surface area contributed by atoms with E-state index in [2.05, 4.69) is 125 Å². The third-order valence-corrected chi connectivity index (χ3v) is 11.0. The quantitative estimate of drug-likeness (QED) is 0.185. The van der Waals surface area contributed by atoms with E-state index < -0.39 is 7.82 Å². The fraction of sp³-hybridized carbons (Fsp3) is 0.0833. The number of rotatable bonds is 4. The van der Waals surface area contributed by atoms with E-state index >= 15 is 0 Å². The Morgan fingerprint density at radius 1 is 0.415 bits per heavy atom. The lowest BCUT2D eigenvalue weighted by Crippen LogP contribution is -2.00. The van der Waals surface area contributed by atoms with Crippen LogP contribution in [-0.4, -0.2) is 4.89 Å². The highest BCUT2D eigenvalue weighted by atomic mass is 31.2. The molecule has 0 saturated carbocycles. The predicted octanol–water partition coefficient (Wildman–Crippen LogP) is 13.4. The molecule has 1 heterocycles. The summed E-state index contributed by atoms with van der Waals surface area (Å²) in [6.45, 7) is 8.43. The topological polar surface area (TPSA) is 55.8 Å². The minimum Gasteiger partial charge on any atom is -0.394 e. The van der Waals surface area contributed by atoms with Gasteiger partial charge in [-0.05, 0) is 94.8 Å². The van der Waals surface area contributed by atoms with Gasteiger partial charge < -0.3 is 9.05 Å². The fourth-order valence-corrected chi connectivity index (χ4v) is 8.87. The summed E-state index contributed by atoms with van der Waals surface area (Å²) in [5.41, 5.74) is 13.9. The SMILES string of the molecule is Cc1cc(C)cc(-c2ccc(-c3cc4ccccc4c4c3OP(=O)(O)Oc3c(-c5ccc(-c6cc(C)cc(C)c6)cc5)cc5ccccc5c3-4)cc2)c1. The van der Waals surface area contributed by atoms with E-state index in [-0.39, 0.29) is 0 Å². The molecule has 0 spiro atoms. The number of phosphoric acid groups is 1. The van der Waals surface area contributed by atoms with Gasteiger partial charge in [-0.2, -0.15) is 0 Å². The third kappa shape index (κ3) is 6.00. The third-order valence-electron chi connectivity index (χ3n) is 10.2. The summed E-state index contributed by atoms with van der Waals surface area (Å²) < 4.78 is 26.5. The van der Waals surface area contributed by atoms with Crippen LogP contribution in [0.25, 0.3) is 77.2 Å². The normalized spacial score (nSPS) is 13.2. The summed E-state index contributed by atoms with van der Waals surface area (Å²) in [5.74, 6) is 0.639. The van der Waals surface area contributed by atoms with Gasteiger partial charge in [0.2, 0.25) is 0 Å². The maximum Gasteiger partial charge on any atom is 0.584 e. The number of hydrogen-bond donors (Lipinski definition) is 1. The van der Waals surface area contributed by atoms with Crippen molar-refractivity contribution in [3.05, 3.63) is 168 Å². The Balaban J connectivity index is 1.29. The van der Waals surface area contributed by atoms with Gasteiger partial charge in [-0.25, -0.2) is 4.57 Å². The van der Waals surface area contributed by atoms with Crippen molar-refractivity contribution in [1.29, 1.82) is 0 Å². The average molecular weight is 709 g/mol. The second kappa shape index (κ2) is 12.6. The molecule has 0 unspecified atom stereocenters. The van der Waals surface area contributed by atoms with Crippen LogP contribution in [0, 0.1) is 27.7 Å². The molecule has 0 atom stereocenters. The van der Waals surface area contributed by atoms with Gasteiger partial charge in [0.25, 0.3) is 0 Å². The van der Waals surface area contributed by atoms with E-state index in [1.54, 1.807) is 0 Å². The lowest BCUT2D eigenvalue weighted by atomic mass is 9.86. The molecule has 0 amide bonds. The molecular formula is C48H37O4P. The summed E-state index contributed by atoms with van der Waals surface area (Å²) in [7, 11) is -4.68. The van der Waals surface area contributed by atoms with Crippen molar-refractivity contribution in [3.63, 3.8) is 0 Å². The molecule has 1 aliphatic heterocycles. The molecule has 0 fully saturated rings. The number of aryl methyl sites for hydroxylation is 4. The molecular weight excluding hydrogens is 671 g/mol. The van der Waals surface area contributed by atoms with E-state index in [0.717, 1.165) is 66.1 Å². The van der Waals surface area contributed by atoms with E-state index in [0.29, 0.717) is 22.6 Å². The Hall–Kier alpha value is -5.93. The van der Waals surface area contributed by atoms with Crippen molar-refractivity contribution in [2.24, 2.45) is 0 Å². The minimum absolute atomic E-state index is 0.319. The number of benzene rings is 8. The maximum absolute atomic E-state index is 14.1. The van der Waals surface area contributed by atoms with Crippen LogP contribution < -0.4 is 9.05 Å². The summed E-state index contributed by atoms with van der Waals surface area (Å²) in [6.07, 6.45) is 0. The molecule has 53 heavy (non-hydrogen) atoms. The molecule has 5 heteroatoms. The highest BCUT2D eigenvalue weighted by Crippen LogP contribution is 2.61. The van der Waals surface area contributed by atoms with Crippen molar-refractivity contribution < 1.29 is 18.5 Å². The predicted molar refractivity (Wildman–Crippen MR) is 219 cm³/mol. The first-order chi connectivity index (χ1) is 25.6.